The zero-order chi connectivity index (χ0) is 13.9. The minimum Gasteiger partial charge on any atom is -0.463 e. The van der Waals surface area contributed by atoms with Crippen LogP contribution in [-0.4, -0.2) is 12.1 Å². The van der Waals surface area contributed by atoms with Crippen LogP contribution in [0.15, 0.2) is 0 Å². The van der Waals surface area contributed by atoms with Crippen molar-refractivity contribution in [2.75, 3.05) is 0 Å². The first-order valence-electron chi connectivity index (χ1n) is 7.41. The maximum Gasteiger partial charge on any atom is 0.302 e. The molecule has 0 saturated heterocycles. The van der Waals surface area contributed by atoms with Gasteiger partial charge in [0.25, 0.3) is 0 Å². The first kappa shape index (κ1) is 15.5. The number of esters is 1. The normalized spacial score (nSPS) is 30.6. The molecule has 0 aliphatic heterocycles. The fourth-order valence-electron chi connectivity index (χ4n) is 3.56. The van der Waals surface area contributed by atoms with Gasteiger partial charge in [0.05, 0.1) is 0 Å². The number of carbonyl (C=O) groups excluding carboxylic acids is 1. The van der Waals surface area contributed by atoms with E-state index in [-0.39, 0.29) is 12.1 Å². The molecule has 0 spiro atoms. The lowest BCUT2D eigenvalue weighted by Gasteiger charge is -2.44. The average molecular weight is 254 g/mol. The van der Waals surface area contributed by atoms with Crippen LogP contribution in [0.2, 0.25) is 0 Å². The first-order valence-corrected chi connectivity index (χ1v) is 7.41. The number of hydrogen-bond donors (Lipinski definition) is 0. The number of rotatable bonds is 4. The SMILES string of the molecule is CC(=O)O[C@H](C)[C@H](C)C[C@H]1[C@@H](C)CCCC1(C)C. The molecule has 1 rings (SSSR count). The summed E-state index contributed by atoms with van der Waals surface area (Å²) in [5.41, 5.74) is 0.432. The van der Waals surface area contributed by atoms with Crippen LogP contribution in [0, 0.1) is 23.2 Å². The van der Waals surface area contributed by atoms with Crippen LogP contribution < -0.4 is 0 Å². The van der Waals surface area contributed by atoms with Gasteiger partial charge in [0.2, 0.25) is 0 Å². The average Bonchev–Trinajstić information content (AvgIpc) is 2.22. The number of hydrogen-bond acceptors (Lipinski definition) is 2. The van der Waals surface area contributed by atoms with Crippen molar-refractivity contribution in [2.45, 2.75) is 73.3 Å². The quantitative estimate of drug-likeness (QED) is 0.694. The molecule has 0 aromatic carbocycles. The Morgan fingerprint density at radius 2 is 2.00 bits per heavy atom. The fraction of sp³-hybridized carbons (Fsp3) is 0.938. The molecule has 2 heteroatoms. The van der Waals surface area contributed by atoms with E-state index in [9.17, 15) is 4.79 Å². The van der Waals surface area contributed by atoms with Crippen molar-refractivity contribution in [3.05, 3.63) is 0 Å². The van der Waals surface area contributed by atoms with Crippen LogP contribution in [-0.2, 0) is 9.53 Å². The second kappa shape index (κ2) is 6.08. The largest absolute Gasteiger partial charge is 0.463 e. The highest BCUT2D eigenvalue weighted by atomic mass is 16.5. The van der Waals surface area contributed by atoms with E-state index in [1.54, 1.807) is 0 Å². The maximum atomic E-state index is 11.0. The van der Waals surface area contributed by atoms with E-state index < -0.39 is 0 Å². The van der Waals surface area contributed by atoms with Crippen molar-refractivity contribution in [3.8, 4) is 0 Å². The third-order valence-corrected chi connectivity index (χ3v) is 4.95. The lowest BCUT2D eigenvalue weighted by atomic mass is 9.61. The smallest absolute Gasteiger partial charge is 0.302 e. The molecule has 0 heterocycles. The molecule has 18 heavy (non-hydrogen) atoms. The van der Waals surface area contributed by atoms with Crippen LogP contribution in [0.25, 0.3) is 0 Å². The predicted octanol–water partition coefficient (Wildman–Crippen LogP) is 4.43. The van der Waals surface area contributed by atoms with Gasteiger partial charge in [-0.2, -0.15) is 0 Å². The number of carbonyl (C=O) groups is 1. The summed E-state index contributed by atoms with van der Waals surface area (Å²) < 4.78 is 5.32. The minimum atomic E-state index is -0.162. The molecule has 0 N–H and O–H groups in total. The highest BCUT2D eigenvalue weighted by Gasteiger charge is 2.38. The lowest BCUT2D eigenvalue weighted by Crippen LogP contribution is -2.36. The fourth-order valence-corrected chi connectivity index (χ4v) is 3.56. The molecule has 1 fully saturated rings. The van der Waals surface area contributed by atoms with Crippen LogP contribution in [0.3, 0.4) is 0 Å². The van der Waals surface area contributed by atoms with E-state index in [2.05, 4.69) is 27.7 Å². The summed E-state index contributed by atoms with van der Waals surface area (Å²) in [4.78, 5) is 11.0. The Balaban J connectivity index is 2.60. The van der Waals surface area contributed by atoms with Crippen molar-refractivity contribution >= 4 is 5.97 Å². The molecule has 2 nitrogen and oxygen atoms in total. The summed E-state index contributed by atoms with van der Waals surface area (Å²) in [6.07, 6.45) is 5.24. The van der Waals surface area contributed by atoms with Crippen LogP contribution in [0.5, 0.6) is 0 Å². The molecule has 0 aromatic rings. The molecular formula is C16H30O2. The zero-order valence-electron chi connectivity index (χ0n) is 13.0. The molecule has 106 valence electrons. The summed E-state index contributed by atoms with van der Waals surface area (Å²) in [6.45, 7) is 12.9. The standard InChI is InChI=1S/C16H30O2/c1-11-8-7-9-16(5,6)15(11)10-12(2)13(3)18-14(4)17/h11-13,15H,7-10H2,1-6H3/t11-,12+,13+,15-/m0/s1. The van der Waals surface area contributed by atoms with Gasteiger partial charge >= 0.3 is 5.97 Å². The van der Waals surface area contributed by atoms with Gasteiger partial charge in [-0.15, -0.1) is 0 Å². The molecule has 0 unspecified atom stereocenters. The summed E-state index contributed by atoms with van der Waals surface area (Å²) in [5.74, 6) is 1.82. The van der Waals surface area contributed by atoms with E-state index in [4.69, 9.17) is 4.74 Å². The minimum absolute atomic E-state index is 0.0347. The van der Waals surface area contributed by atoms with Crippen molar-refractivity contribution in [1.82, 2.24) is 0 Å². The van der Waals surface area contributed by atoms with Crippen molar-refractivity contribution in [1.29, 1.82) is 0 Å². The highest BCUT2D eigenvalue weighted by Crippen LogP contribution is 2.47. The first-order chi connectivity index (χ1) is 8.24. The van der Waals surface area contributed by atoms with Crippen molar-refractivity contribution in [3.63, 3.8) is 0 Å². The maximum absolute atomic E-state index is 11.0. The van der Waals surface area contributed by atoms with Crippen molar-refractivity contribution < 1.29 is 9.53 Å². The topological polar surface area (TPSA) is 26.3 Å². The molecule has 1 aliphatic rings. The van der Waals surface area contributed by atoms with E-state index in [1.807, 2.05) is 6.92 Å². The summed E-state index contributed by atoms with van der Waals surface area (Å²) in [5, 5.41) is 0. The molecule has 4 atom stereocenters. The number of ether oxygens (including phenoxy) is 1. The van der Waals surface area contributed by atoms with Gasteiger partial charge in [-0.3, -0.25) is 4.79 Å². The lowest BCUT2D eigenvalue weighted by molar-refractivity contribution is -0.148. The third-order valence-electron chi connectivity index (χ3n) is 4.95. The molecular weight excluding hydrogens is 224 g/mol. The van der Waals surface area contributed by atoms with Gasteiger partial charge < -0.3 is 4.74 Å². The molecule has 0 aromatic heterocycles. The molecule has 1 aliphatic carbocycles. The van der Waals surface area contributed by atoms with Gasteiger partial charge in [-0.25, -0.2) is 0 Å². The second-order valence-electron chi connectivity index (χ2n) is 6.99. The van der Waals surface area contributed by atoms with Gasteiger partial charge in [0, 0.05) is 6.92 Å². The van der Waals surface area contributed by atoms with Crippen LogP contribution in [0.4, 0.5) is 0 Å². The molecule has 0 amide bonds. The van der Waals surface area contributed by atoms with E-state index in [1.165, 1.54) is 32.6 Å². The van der Waals surface area contributed by atoms with Gasteiger partial charge in [0.15, 0.2) is 0 Å². The monoisotopic (exact) mass is 254 g/mol. The Bertz CT molecular complexity index is 283. The predicted molar refractivity (Wildman–Crippen MR) is 75.3 cm³/mol. The summed E-state index contributed by atoms with van der Waals surface area (Å²) in [6, 6.07) is 0. The third kappa shape index (κ3) is 4.00. The van der Waals surface area contributed by atoms with Crippen molar-refractivity contribution in [2.24, 2.45) is 23.2 Å². The molecule has 1 saturated carbocycles. The second-order valence-corrected chi connectivity index (χ2v) is 6.99. The van der Waals surface area contributed by atoms with E-state index in [0.29, 0.717) is 11.3 Å². The summed E-state index contributed by atoms with van der Waals surface area (Å²) >= 11 is 0. The van der Waals surface area contributed by atoms with E-state index >= 15 is 0 Å². The van der Waals surface area contributed by atoms with Gasteiger partial charge in [-0.05, 0) is 42.9 Å². The zero-order valence-corrected chi connectivity index (χ0v) is 13.0. The van der Waals surface area contributed by atoms with Crippen LogP contribution >= 0.6 is 0 Å². The van der Waals surface area contributed by atoms with Gasteiger partial charge in [0.1, 0.15) is 6.10 Å². The molecule has 0 radical (unpaired) electrons. The Hall–Kier alpha value is -0.530. The Labute approximate surface area is 112 Å². The Kier molecular flexibility index (Phi) is 5.24. The van der Waals surface area contributed by atoms with Gasteiger partial charge in [-0.1, -0.05) is 40.5 Å². The molecule has 0 bridgehead atoms. The Morgan fingerprint density at radius 3 is 2.50 bits per heavy atom. The highest BCUT2D eigenvalue weighted by molar-refractivity contribution is 5.66. The van der Waals surface area contributed by atoms with Crippen LogP contribution in [0.1, 0.15) is 67.2 Å². The van der Waals surface area contributed by atoms with E-state index in [0.717, 1.165) is 11.8 Å². The summed E-state index contributed by atoms with van der Waals surface area (Å²) in [7, 11) is 0. The Morgan fingerprint density at radius 1 is 1.39 bits per heavy atom.